The zero-order chi connectivity index (χ0) is 21.5. The molecule has 1 aromatic rings. The number of carbonyl (C=O) groups is 2. The minimum absolute atomic E-state index is 0.0261. The summed E-state index contributed by atoms with van der Waals surface area (Å²) in [7, 11) is 6.72. The van der Waals surface area contributed by atoms with E-state index in [1.54, 1.807) is 28.2 Å². The van der Waals surface area contributed by atoms with Crippen LogP contribution in [0.2, 0.25) is 0 Å². The first-order valence-electron chi connectivity index (χ1n) is 8.88. The number of carbonyl (C=O) groups excluding carboxylic acids is 2. The monoisotopic (exact) mass is 400 g/mol. The van der Waals surface area contributed by atoms with E-state index in [9.17, 15) is 19.8 Å². The molecule has 0 aliphatic rings. The number of benzene rings is 1. The number of hydrogen-bond donors (Lipinski definition) is 6. The minimum atomic E-state index is -0.952. The van der Waals surface area contributed by atoms with E-state index in [4.69, 9.17) is 10.2 Å². The van der Waals surface area contributed by atoms with Crippen LogP contribution in [0.4, 0.5) is 0 Å². The van der Waals surface area contributed by atoms with Crippen molar-refractivity contribution < 1.29 is 39.2 Å². The van der Waals surface area contributed by atoms with Crippen LogP contribution in [0.5, 0.6) is 0 Å². The normalized spacial score (nSPS) is 14.3. The lowest BCUT2D eigenvalue weighted by molar-refractivity contribution is -0.927. The molecule has 1 aromatic carbocycles. The highest BCUT2D eigenvalue weighted by atomic mass is 16.3. The smallest absolute Gasteiger partial charge is 0.295 e. The van der Waals surface area contributed by atoms with Crippen molar-refractivity contribution in [3.8, 4) is 0 Å². The largest absolute Gasteiger partial charge is 0.393 e. The molecule has 0 saturated heterocycles. The average molecular weight is 400 g/mol. The Labute approximate surface area is 164 Å². The molecule has 158 valence electrons. The molecule has 0 heterocycles. The highest BCUT2D eigenvalue weighted by Gasteiger charge is 2.25. The molecule has 28 heavy (non-hydrogen) atoms. The lowest BCUT2D eigenvalue weighted by Crippen LogP contribution is -2.58. The maximum atomic E-state index is 12.4. The van der Waals surface area contributed by atoms with Crippen LogP contribution in [-0.2, 0) is 0 Å². The van der Waals surface area contributed by atoms with Crippen molar-refractivity contribution in [2.75, 3.05) is 54.5 Å². The van der Waals surface area contributed by atoms with Gasteiger partial charge in [0.15, 0.2) is 0 Å². The van der Waals surface area contributed by atoms with Gasteiger partial charge < -0.3 is 20.4 Å². The average Bonchev–Trinajstić information content (AvgIpc) is 2.59. The van der Waals surface area contributed by atoms with Crippen molar-refractivity contribution in [2.24, 2.45) is 0 Å². The Balaban J connectivity index is 2.74. The number of nitrogens with one attached hydrogen (secondary N) is 2. The summed E-state index contributed by atoms with van der Waals surface area (Å²) in [5.41, 5.74) is 6.13. The van der Waals surface area contributed by atoms with Crippen LogP contribution < -0.4 is 10.9 Å². The Morgan fingerprint density at radius 2 is 1.07 bits per heavy atom. The lowest BCUT2D eigenvalue weighted by Gasteiger charge is -2.31. The Kier molecular flexibility index (Phi) is 8.48. The van der Waals surface area contributed by atoms with Gasteiger partial charge in [-0.1, -0.05) is 0 Å². The van der Waals surface area contributed by atoms with Crippen LogP contribution in [0.25, 0.3) is 0 Å². The summed E-state index contributed by atoms with van der Waals surface area (Å²) in [6, 6.07) is 6.04. The van der Waals surface area contributed by atoms with Gasteiger partial charge in [0.05, 0.1) is 41.4 Å². The number of aliphatic hydroxyl groups is 4. The third kappa shape index (κ3) is 7.89. The number of aliphatic hydroxyl groups excluding tert-OH is 4. The molecule has 0 saturated carbocycles. The van der Waals surface area contributed by atoms with E-state index in [1.165, 1.54) is 24.3 Å². The molecular formula is C18H32N4O6+2. The Morgan fingerprint density at radius 3 is 1.32 bits per heavy atom. The number of hydrogen-bond acceptors (Lipinski definition) is 6. The zero-order valence-corrected chi connectivity index (χ0v) is 16.8. The van der Waals surface area contributed by atoms with E-state index >= 15 is 0 Å². The second-order valence-electron chi connectivity index (χ2n) is 7.87. The van der Waals surface area contributed by atoms with Gasteiger partial charge in [-0.15, -0.1) is 0 Å². The summed E-state index contributed by atoms with van der Waals surface area (Å²) in [6.07, 6.45) is -1.90. The van der Waals surface area contributed by atoms with E-state index in [-0.39, 0.29) is 34.1 Å². The van der Waals surface area contributed by atoms with Crippen molar-refractivity contribution in [1.29, 1.82) is 0 Å². The second kappa shape index (κ2) is 9.92. The molecule has 0 spiro atoms. The van der Waals surface area contributed by atoms with E-state index in [1.807, 2.05) is 0 Å². The number of likely N-dealkylation sites (N-methyl/N-ethyl adjacent to an activating group) is 2. The highest BCUT2D eigenvalue weighted by Crippen LogP contribution is 2.07. The summed E-state index contributed by atoms with van der Waals surface area (Å²) in [5, 5.41) is 37.0. The maximum Gasteiger partial charge on any atom is 0.295 e. The highest BCUT2D eigenvalue weighted by molar-refractivity contribution is 5.97. The van der Waals surface area contributed by atoms with Gasteiger partial charge in [0.25, 0.3) is 11.8 Å². The molecular weight excluding hydrogens is 368 g/mol. The van der Waals surface area contributed by atoms with Gasteiger partial charge in [-0.2, -0.15) is 10.9 Å². The van der Waals surface area contributed by atoms with Crippen molar-refractivity contribution in [1.82, 2.24) is 10.9 Å². The second-order valence-corrected chi connectivity index (χ2v) is 7.87. The van der Waals surface area contributed by atoms with Crippen LogP contribution in [0.1, 0.15) is 20.7 Å². The summed E-state index contributed by atoms with van der Waals surface area (Å²) >= 11 is 0. The molecule has 1 rings (SSSR count). The predicted molar refractivity (Wildman–Crippen MR) is 102 cm³/mol. The van der Waals surface area contributed by atoms with Crippen molar-refractivity contribution in [2.45, 2.75) is 12.2 Å². The van der Waals surface area contributed by atoms with Crippen LogP contribution in [0.15, 0.2) is 24.3 Å². The van der Waals surface area contributed by atoms with E-state index in [0.29, 0.717) is 11.1 Å². The fourth-order valence-corrected chi connectivity index (χ4v) is 2.71. The van der Waals surface area contributed by atoms with Gasteiger partial charge >= 0.3 is 0 Å². The number of quaternary nitrogens is 2. The molecule has 6 N–H and O–H groups in total. The van der Waals surface area contributed by atoms with Crippen molar-refractivity contribution >= 4 is 11.8 Å². The Bertz CT molecular complexity index is 606. The molecule has 0 aromatic heterocycles. The predicted octanol–water partition coefficient (Wildman–Crippen LogP) is -2.16. The van der Waals surface area contributed by atoms with Gasteiger partial charge in [-0.25, -0.2) is 9.18 Å². The maximum absolute atomic E-state index is 12.4. The summed E-state index contributed by atoms with van der Waals surface area (Å²) in [5.74, 6) is -0.770. The SMILES string of the molecule is C[N+](C)(C[C@H](O)CO)NC(=O)c1ccc(C(=O)N[N+](C)(C)C[C@@H](O)CO)cc1. The molecule has 10 heteroatoms. The fraction of sp³-hybridized carbons (Fsp3) is 0.556. The first kappa shape index (κ1) is 24.0. The standard InChI is InChI=1S/C18H30N4O6/c1-21(2,9-15(25)11-23)19-17(27)13-5-7-14(8-6-13)18(28)20-22(3,4)10-16(26)12-24/h5-8,15-16,23-26H,9-12H2,1-4H3/p+2/t15-,16+. The molecule has 0 bridgehead atoms. The van der Waals surface area contributed by atoms with Crippen LogP contribution in [0.3, 0.4) is 0 Å². The summed E-state index contributed by atoms with van der Waals surface area (Å²) in [6.45, 7) is -0.526. The van der Waals surface area contributed by atoms with Gasteiger partial charge in [0.2, 0.25) is 0 Å². The van der Waals surface area contributed by atoms with Crippen molar-refractivity contribution in [3.63, 3.8) is 0 Å². The van der Waals surface area contributed by atoms with Crippen LogP contribution in [0, 0.1) is 0 Å². The molecule has 0 unspecified atom stereocenters. The molecule has 0 aliphatic heterocycles. The third-order valence-electron chi connectivity index (χ3n) is 3.97. The third-order valence-corrected chi connectivity index (χ3v) is 3.97. The van der Waals surface area contributed by atoms with Crippen molar-refractivity contribution in [3.05, 3.63) is 35.4 Å². The number of nitrogens with zero attached hydrogens (tertiary/aromatic N) is 2. The fourth-order valence-electron chi connectivity index (χ4n) is 2.71. The van der Waals surface area contributed by atoms with E-state index in [2.05, 4.69) is 10.9 Å². The van der Waals surface area contributed by atoms with Crippen LogP contribution in [-0.4, -0.2) is 108 Å². The first-order chi connectivity index (χ1) is 12.9. The van der Waals surface area contributed by atoms with Gasteiger partial charge in [0.1, 0.15) is 25.3 Å². The van der Waals surface area contributed by atoms with Crippen LogP contribution >= 0.6 is 0 Å². The Morgan fingerprint density at radius 1 is 0.786 bits per heavy atom. The Hall–Kier alpha value is -2.08. The minimum Gasteiger partial charge on any atom is -0.393 e. The molecule has 0 fully saturated rings. The van der Waals surface area contributed by atoms with Gasteiger partial charge in [0, 0.05) is 11.1 Å². The quantitative estimate of drug-likeness (QED) is 0.195. The summed E-state index contributed by atoms with van der Waals surface area (Å²) < 4.78 is -0.0523. The summed E-state index contributed by atoms with van der Waals surface area (Å²) in [4.78, 5) is 24.7. The van der Waals surface area contributed by atoms with E-state index in [0.717, 1.165) is 0 Å². The first-order valence-corrected chi connectivity index (χ1v) is 8.88. The topological polar surface area (TPSA) is 139 Å². The zero-order valence-electron chi connectivity index (χ0n) is 16.8. The van der Waals surface area contributed by atoms with E-state index < -0.39 is 25.4 Å². The molecule has 2 atom stereocenters. The molecule has 0 aliphatic carbocycles. The molecule has 0 radical (unpaired) electrons. The molecule has 2 amide bonds. The molecule has 10 nitrogen and oxygen atoms in total. The number of amides is 2. The lowest BCUT2D eigenvalue weighted by atomic mass is 10.1. The van der Waals surface area contributed by atoms with Gasteiger partial charge in [-0.3, -0.25) is 9.59 Å². The number of rotatable bonds is 10. The van der Waals surface area contributed by atoms with Gasteiger partial charge in [-0.05, 0) is 24.3 Å².